The minimum atomic E-state index is 0.547. The van der Waals surface area contributed by atoms with Crippen molar-refractivity contribution in [3.63, 3.8) is 0 Å². The van der Waals surface area contributed by atoms with Gasteiger partial charge in [0, 0.05) is 18.0 Å². The molecule has 0 bridgehead atoms. The topological polar surface area (TPSA) is 62.1 Å². The van der Waals surface area contributed by atoms with E-state index in [-0.39, 0.29) is 0 Å². The lowest BCUT2D eigenvalue weighted by molar-refractivity contribution is 0.399. The minimum Gasteiger partial charge on any atom is -0.481 e. The molecule has 3 aromatic heterocycles. The first-order valence-electron chi connectivity index (χ1n) is 7.30. The predicted molar refractivity (Wildman–Crippen MR) is 94.5 cm³/mol. The maximum atomic E-state index is 5.17. The van der Waals surface area contributed by atoms with Crippen LogP contribution in [0.5, 0.6) is 11.6 Å². The zero-order valence-electron chi connectivity index (χ0n) is 12.8. The monoisotopic (exact) mass is 384 g/mol. The van der Waals surface area contributed by atoms with Crippen molar-refractivity contribution in [3.05, 3.63) is 54.5 Å². The number of methoxy groups -OCH3 is 1. The molecule has 0 aliphatic heterocycles. The largest absolute Gasteiger partial charge is 0.481 e. The number of nitrogens with zero attached hydrogens (tertiary/aromatic N) is 4. The van der Waals surface area contributed by atoms with Crippen LogP contribution in [0.4, 0.5) is 0 Å². The van der Waals surface area contributed by atoms with E-state index in [1.807, 2.05) is 42.7 Å². The van der Waals surface area contributed by atoms with E-state index in [0.717, 1.165) is 27.7 Å². The number of benzene rings is 1. The quantitative estimate of drug-likeness (QED) is 0.536. The summed E-state index contributed by atoms with van der Waals surface area (Å²) in [7, 11) is 1.59. The molecule has 0 fully saturated rings. The first-order valence-corrected chi connectivity index (χ1v) is 7.95. The lowest BCUT2D eigenvalue weighted by atomic mass is 10.2. The van der Waals surface area contributed by atoms with Gasteiger partial charge in [-0.25, -0.2) is 9.97 Å². The van der Waals surface area contributed by atoms with Crippen molar-refractivity contribution in [3.8, 4) is 11.6 Å². The average molecular weight is 385 g/mol. The molecule has 0 spiro atoms. The highest BCUT2D eigenvalue weighted by Gasteiger charge is 2.10. The van der Waals surface area contributed by atoms with Gasteiger partial charge in [0.15, 0.2) is 21.9 Å². The molecule has 0 aliphatic rings. The average Bonchev–Trinajstić information content (AvgIpc) is 3.05. The first kappa shape index (κ1) is 14.9. The smallest absolute Gasteiger partial charge is 0.215 e. The van der Waals surface area contributed by atoms with Gasteiger partial charge in [0.25, 0.3) is 0 Å². The molecular weight excluding hydrogens is 372 g/mol. The Morgan fingerprint density at radius 2 is 1.92 bits per heavy atom. The van der Waals surface area contributed by atoms with Crippen LogP contribution in [0.3, 0.4) is 0 Å². The van der Waals surface area contributed by atoms with Gasteiger partial charge in [0.05, 0.1) is 25.2 Å². The molecule has 6 nitrogen and oxygen atoms in total. The Balaban J connectivity index is 1.81. The van der Waals surface area contributed by atoms with Gasteiger partial charge in [-0.1, -0.05) is 12.1 Å². The normalized spacial score (nSPS) is 11.1. The van der Waals surface area contributed by atoms with Crippen LogP contribution < -0.4 is 8.57 Å². The summed E-state index contributed by atoms with van der Waals surface area (Å²) in [6.45, 7) is 0.699. The van der Waals surface area contributed by atoms with Gasteiger partial charge in [0.1, 0.15) is 11.3 Å². The summed E-state index contributed by atoms with van der Waals surface area (Å²) in [5.41, 5.74) is 3.64. The molecule has 0 atom stereocenters. The van der Waals surface area contributed by atoms with Crippen molar-refractivity contribution in [2.45, 2.75) is 6.54 Å². The molecule has 0 saturated carbocycles. The Morgan fingerprint density at radius 3 is 2.67 bits per heavy atom. The molecule has 0 radical (unpaired) electrons. The molecule has 0 N–H and O–H groups in total. The Hall–Kier alpha value is -2.67. The van der Waals surface area contributed by atoms with E-state index in [4.69, 9.17) is 8.57 Å². The molecule has 0 amide bonds. The summed E-state index contributed by atoms with van der Waals surface area (Å²) in [6, 6.07) is 11.7. The number of pyridine rings is 2. The second kappa shape index (κ2) is 6.09. The van der Waals surface area contributed by atoms with Crippen LogP contribution in [0.15, 0.2) is 48.9 Å². The van der Waals surface area contributed by atoms with Crippen LogP contribution in [-0.2, 0) is 6.54 Å². The molecule has 4 aromatic rings. The highest BCUT2D eigenvalue weighted by Crippen LogP contribution is 2.25. The Labute approximate surface area is 146 Å². The van der Waals surface area contributed by atoms with Crippen molar-refractivity contribution in [2.24, 2.45) is 0 Å². The molecule has 0 aliphatic carbocycles. The molecule has 3 heterocycles. The SMILES string of the molecule is COc1ccc2c(ncc3ncn(Cc4ccc(OBr)cc4)c32)n1. The number of aromatic nitrogens is 4. The van der Waals surface area contributed by atoms with Crippen molar-refractivity contribution in [1.29, 1.82) is 0 Å². The summed E-state index contributed by atoms with van der Waals surface area (Å²) in [5, 5.41) is 0.950. The van der Waals surface area contributed by atoms with Crippen LogP contribution in [0.2, 0.25) is 0 Å². The third kappa shape index (κ3) is 2.56. The van der Waals surface area contributed by atoms with Crippen LogP contribution >= 0.6 is 16.3 Å². The number of imidazole rings is 1. The van der Waals surface area contributed by atoms with Gasteiger partial charge in [-0.3, -0.25) is 0 Å². The van der Waals surface area contributed by atoms with E-state index in [2.05, 4.69) is 35.8 Å². The van der Waals surface area contributed by atoms with Crippen LogP contribution in [0.25, 0.3) is 22.1 Å². The summed E-state index contributed by atoms with van der Waals surface area (Å²) in [4.78, 5) is 13.2. The summed E-state index contributed by atoms with van der Waals surface area (Å²) >= 11 is 2.97. The minimum absolute atomic E-state index is 0.547. The van der Waals surface area contributed by atoms with Crippen molar-refractivity contribution in [1.82, 2.24) is 19.5 Å². The summed E-state index contributed by atoms with van der Waals surface area (Å²) in [6.07, 6.45) is 3.56. The second-order valence-corrected chi connectivity index (χ2v) is 5.63. The van der Waals surface area contributed by atoms with Crippen LogP contribution in [0.1, 0.15) is 5.56 Å². The zero-order chi connectivity index (χ0) is 16.5. The highest BCUT2D eigenvalue weighted by molar-refractivity contribution is 9.06. The number of hydrogen-bond donors (Lipinski definition) is 0. The molecule has 0 unspecified atom stereocenters. The first-order chi connectivity index (χ1) is 11.8. The van der Waals surface area contributed by atoms with Gasteiger partial charge < -0.3 is 13.1 Å². The Kier molecular flexibility index (Phi) is 3.78. The fraction of sp³-hybridized carbons (Fsp3) is 0.118. The summed E-state index contributed by atoms with van der Waals surface area (Å²) < 4.78 is 12.3. The molecule has 120 valence electrons. The van der Waals surface area contributed by atoms with Gasteiger partial charge in [-0.2, -0.15) is 4.98 Å². The molecule has 0 saturated heterocycles. The molecule has 1 aromatic carbocycles. The van der Waals surface area contributed by atoms with Crippen molar-refractivity contribution < 1.29 is 8.57 Å². The molecule has 24 heavy (non-hydrogen) atoms. The van der Waals surface area contributed by atoms with Crippen molar-refractivity contribution >= 4 is 38.3 Å². The van der Waals surface area contributed by atoms with Gasteiger partial charge in [0.2, 0.25) is 5.88 Å². The maximum absolute atomic E-state index is 5.17. The van der Waals surface area contributed by atoms with Gasteiger partial charge >= 0.3 is 0 Å². The lowest BCUT2D eigenvalue weighted by Crippen LogP contribution is -1.99. The Bertz CT molecular complexity index is 1010. The maximum Gasteiger partial charge on any atom is 0.215 e. The zero-order valence-corrected chi connectivity index (χ0v) is 14.4. The number of fused-ring (bicyclic) bond motifs is 3. The van der Waals surface area contributed by atoms with E-state index < -0.39 is 0 Å². The second-order valence-electron chi connectivity index (χ2n) is 5.31. The van der Waals surface area contributed by atoms with Gasteiger partial charge in [-0.15, -0.1) is 0 Å². The third-order valence-electron chi connectivity index (χ3n) is 3.85. The fourth-order valence-corrected chi connectivity index (χ4v) is 2.91. The lowest BCUT2D eigenvalue weighted by Gasteiger charge is -2.08. The van der Waals surface area contributed by atoms with E-state index in [0.29, 0.717) is 18.1 Å². The molecular formula is C17H13BrN4O2. The Morgan fingerprint density at radius 1 is 1.08 bits per heavy atom. The third-order valence-corrected chi connectivity index (χ3v) is 4.23. The van der Waals surface area contributed by atoms with E-state index in [1.165, 1.54) is 0 Å². The standard InChI is InChI=1S/C17H13BrN4O2/c1-23-15-7-6-13-16-14(8-19-17(13)21-15)20-10-22(16)9-11-2-4-12(24-18)5-3-11/h2-8,10H,9H2,1H3. The highest BCUT2D eigenvalue weighted by atomic mass is 79.9. The molecule has 4 rings (SSSR count). The summed E-state index contributed by atoms with van der Waals surface area (Å²) in [5.74, 6) is 1.31. The van der Waals surface area contributed by atoms with Crippen LogP contribution in [-0.4, -0.2) is 26.6 Å². The predicted octanol–water partition coefficient (Wildman–Crippen LogP) is 3.73. The number of rotatable bonds is 4. The fourth-order valence-electron chi connectivity index (χ4n) is 2.70. The van der Waals surface area contributed by atoms with Gasteiger partial charge in [-0.05, 0) is 23.8 Å². The van der Waals surface area contributed by atoms with E-state index in [9.17, 15) is 0 Å². The van der Waals surface area contributed by atoms with Crippen LogP contribution in [0, 0.1) is 0 Å². The number of hydrogen-bond acceptors (Lipinski definition) is 5. The molecule has 7 heteroatoms. The van der Waals surface area contributed by atoms with E-state index >= 15 is 0 Å². The number of halogens is 1. The van der Waals surface area contributed by atoms with Crippen molar-refractivity contribution in [2.75, 3.05) is 7.11 Å². The van der Waals surface area contributed by atoms with E-state index in [1.54, 1.807) is 13.3 Å². The number of ether oxygens (including phenoxy) is 1.